The summed E-state index contributed by atoms with van der Waals surface area (Å²) in [4.78, 5) is 58.1. The van der Waals surface area contributed by atoms with Crippen molar-refractivity contribution in [2.24, 2.45) is 5.73 Å². The van der Waals surface area contributed by atoms with Crippen molar-refractivity contribution in [1.29, 1.82) is 0 Å². The first-order chi connectivity index (χ1) is 14.2. The van der Waals surface area contributed by atoms with Crippen LogP contribution < -0.4 is 27.0 Å². The summed E-state index contributed by atoms with van der Waals surface area (Å²) in [5, 5.41) is 10.9. The number of unbranched alkanes of at least 4 members (excludes halogenated alkanes) is 2. The summed E-state index contributed by atoms with van der Waals surface area (Å²) in [5.41, 5.74) is 5.39. The average Bonchev–Trinajstić information content (AvgIpc) is 2.70. The maximum Gasteiger partial charge on any atom is 0.243 e. The van der Waals surface area contributed by atoms with E-state index in [0.29, 0.717) is 58.0 Å². The summed E-state index contributed by atoms with van der Waals surface area (Å²) in [5.74, 6) is -1.65. The Morgan fingerprint density at radius 1 is 0.833 bits per heavy atom. The van der Waals surface area contributed by atoms with Gasteiger partial charge in [0.1, 0.15) is 12.1 Å². The molecule has 0 aliphatic rings. The first-order valence-electron chi connectivity index (χ1n) is 10.2. The molecule has 2 atom stereocenters. The highest BCUT2D eigenvalue weighted by atomic mass is 79.9. The normalized spacial score (nSPS) is 12.4. The lowest BCUT2D eigenvalue weighted by Crippen LogP contribution is -2.52. The molecule has 2 unspecified atom stereocenters. The van der Waals surface area contributed by atoms with Gasteiger partial charge >= 0.3 is 0 Å². The summed E-state index contributed by atoms with van der Waals surface area (Å²) >= 11 is 3.05. The zero-order valence-corrected chi connectivity index (χ0v) is 19.3. The van der Waals surface area contributed by atoms with Crippen LogP contribution >= 0.6 is 15.9 Å². The minimum absolute atomic E-state index is 0.0396. The number of carbonyl (C=O) groups excluding carboxylic acids is 5. The molecule has 0 spiro atoms. The Morgan fingerprint density at radius 3 is 1.83 bits per heavy atom. The number of halogens is 1. The maximum absolute atomic E-state index is 12.6. The van der Waals surface area contributed by atoms with Gasteiger partial charge in [0.25, 0.3) is 0 Å². The van der Waals surface area contributed by atoms with Crippen molar-refractivity contribution in [3.05, 3.63) is 0 Å². The van der Waals surface area contributed by atoms with Gasteiger partial charge in [-0.05, 0) is 38.5 Å². The minimum atomic E-state index is -0.857. The lowest BCUT2D eigenvalue weighted by atomic mass is 10.1. The number of hydrogen-bond donors (Lipinski definition) is 5. The number of nitrogens with two attached hydrogens (primary N) is 1. The van der Waals surface area contributed by atoms with E-state index < -0.39 is 23.9 Å². The Balaban J connectivity index is 4.52. The standard InChI is InChI=1S/C19H34BrN5O5/c1-3-16(27)22-10-7-5-9-15(24-13(2)26)19(30)25-14(18(21)29)8-4-6-11-23-17(28)12-20/h14-15H,3-12H2,1-2H3,(H2,21,29)(H,22,27)(H,23,28)(H,24,26)(H,25,30). The van der Waals surface area contributed by atoms with Crippen LogP contribution in [0, 0.1) is 0 Å². The van der Waals surface area contributed by atoms with E-state index in [9.17, 15) is 24.0 Å². The zero-order valence-electron chi connectivity index (χ0n) is 17.7. The van der Waals surface area contributed by atoms with E-state index in [1.54, 1.807) is 6.92 Å². The van der Waals surface area contributed by atoms with Crippen LogP contribution in [-0.4, -0.2) is 60.0 Å². The van der Waals surface area contributed by atoms with E-state index in [4.69, 9.17) is 5.73 Å². The second kappa shape index (κ2) is 16.6. The van der Waals surface area contributed by atoms with Gasteiger partial charge in [-0.1, -0.05) is 22.9 Å². The second-order valence-corrected chi connectivity index (χ2v) is 7.46. The van der Waals surface area contributed by atoms with E-state index in [2.05, 4.69) is 37.2 Å². The quantitative estimate of drug-likeness (QED) is 0.149. The van der Waals surface area contributed by atoms with Crippen molar-refractivity contribution < 1.29 is 24.0 Å². The highest BCUT2D eigenvalue weighted by Crippen LogP contribution is 2.05. The fourth-order valence-electron chi connectivity index (χ4n) is 2.65. The van der Waals surface area contributed by atoms with Crippen molar-refractivity contribution in [3.63, 3.8) is 0 Å². The van der Waals surface area contributed by atoms with Crippen LogP contribution in [0.3, 0.4) is 0 Å². The van der Waals surface area contributed by atoms with Crippen LogP contribution in [0.25, 0.3) is 0 Å². The SMILES string of the molecule is CCC(=O)NCCCCC(NC(C)=O)C(=O)NC(CCCCNC(=O)CBr)C(N)=O. The van der Waals surface area contributed by atoms with Gasteiger partial charge < -0.3 is 27.0 Å². The molecule has 10 nitrogen and oxygen atoms in total. The molecule has 0 aliphatic carbocycles. The van der Waals surface area contributed by atoms with Gasteiger partial charge in [0.15, 0.2) is 0 Å². The summed E-state index contributed by atoms with van der Waals surface area (Å²) in [6, 6.07) is -1.64. The number of carbonyl (C=O) groups is 5. The summed E-state index contributed by atoms with van der Waals surface area (Å²) in [6.07, 6.45) is 3.60. The number of nitrogens with one attached hydrogen (secondary N) is 4. The van der Waals surface area contributed by atoms with Crippen molar-refractivity contribution in [2.45, 2.75) is 70.9 Å². The first kappa shape index (κ1) is 27.8. The molecule has 6 N–H and O–H groups in total. The van der Waals surface area contributed by atoms with Gasteiger partial charge in [0, 0.05) is 26.4 Å². The molecule has 0 aliphatic heterocycles. The predicted molar refractivity (Wildman–Crippen MR) is 117 cm³/mol. The predicted octanol–water partition coefficient (Wildman–Crippen LogP) is -0.161. The van der Waals surface area contributed by atoms with Crippen molar-refractivity contribution in [1.82, 2.24) is 21.3 Å². The molecule has 0 bridgehead atoms. The molecule has 0 saturated carbocycles. The van der Waals surface area contributed by atoms with Crippen LogP contribution in [-0.2, 0) is 24.0 Å². The Hall–Kier alpha value is -2.17. The van der Waals surface area contributed by atoms with Gasteiger partial charge in [-0.3, -0.25) is 24.0 Å². The van der Waals surface area contributed by atoms with Gasteiger partial charge in [-0.2, -0.15) is 0 Å². The molecular formula is C19H34BrN5O5. The van der Waals surface area contributed by atoms with E-state index in [0.717, 1.165) is 0 Å². The summed E-state index contributed by atoms with van der Waals surface area (Å²) in [7, 11) is 0. The number of hydrogen-bond acceptors (Lipinski definition) is 5. The molecule has 0 aromatic carbocycles. The monoisotopic (exact) mass is 491 g/mol. The smallest absolute Gasteiger partial charge is 0.243 e. The minimum Gasteiger partial charge on any atom is -0.368 e. The molecule has 0 fully saturated rings. The summed E-state index contributed by atoms with van der Waals surface area (Å²) < 4.78 is 0. The molecule has 0 radical (unpaired) electrons. The lowest BCUT2D eigenvalue weighted by Gasteiger charge is -2.21. The van der Waals surface area contributed by atoms with Crippen LogP contribution in [0.5, 0.6) is 0 Å². The van der Waals surface area contributed by atoms with Crippen molar-refractivity contribution >= 4 is 45.5 Å². The Morgan fingerprint density at radius 2 is 1.37 bits per heavy atom. The number of alkyl halides is 1. The number of primary amides is 1. The summed E-state index contributed by atoms with van der Waals surface area (Å²) in [6.45, 7) is 4.04. The van der Waals surface area contributed by atoms with E-state index in [-0.39, 0.29) is 23.1 Å². The van der Waals surface area contributed by atoms with Crippen LogP contribution in [0.15, 0.2) is 0 Å². The third-order valence-electron chi connectivity index (χ3n) is 4.28. The first-order valence-corrected chi connectivity index (χ1v) is 11.3. The molecule has 11 heteroatoms. The van der Waals surface area contributed by atoms with Crippen LogP contribution in [0.1, 0.15) is 58.8 Å². The topological polar surface area (TPSA) is 159 Å². The zero-order chi connectivity index (χ0) is 22.9. The lowest BCUT2D eigenvalue weighted by molar-refractivity contribution is -0.131. The van der Waals surface area contributed by atoms with Crippen molar-refractivity contribution in [3.8, 4) is 0 Å². The molecule has 0 heterocycles. The maximum atomic E-state index is 12.6. The van der Waals surface area contributed by atoms with E-state index in [1.165, 1.54) is 6.92 Å². The number of amides is 5. The van der Waals surface area contributed by atoms with Gasteiger partial charge in [-0.25, -0.2) is 0 Å². The van der Waals surface area contributed by atoms with E-state index >= 15 is 0 Å². The third kappa shape index (κ3) is 13.9. The Labute approximate surface area is 186 Å². The molecule has 172 valence electrons. The molecule has 30 heavy (non-hydrogen) atoms. The fourth-order valence-corrected chi connectivity index (χ4v) is 2.85. The average molecular weight is 492 g/mol. The van der Waals surface area contributed by atoms with Gasteiger partial charge in [0.2, 0.25) is 29.5 Å². The molecule has 5 amide bonds. The van der Waals surface area contributed by atoms with Gasteiger partial charge in [0.05, 0.1) is 5.33 Å². The number of rotatable bonds is 16. The molecule has 0 saturated heterocycles. The highest BCUT2D eigenvalue weighted by Gasteiger charge is 2.24. The van der Waals surface area contributed by atoms with E-state index in [1.807, 2.05) is 0 Å². The Bertz CT molecular complexity index is 588. The third-order valence-corrected chi connectivity index (χ3v) is 4.79. The molecule has 0 aromatic rings. The largest absolute Gasteiger partial charge is 0.368 e. The van der Waals surface area contributed by atoms with Crippen molar-refractivity contribution in [2.75, 3.05) is 18.4 Å². The second-order valence-electron chi connectivity index (χ2n) is 6.90. The van der Waals surface area contributed by atoms with Gasteiger partial charge in [-0.15, -0.1) is 0 Å². The molecular weight excluding hydrogens is 458 g/mol. The Kier molecular flexibility index (Phi) is 15.4. The van der Waals surface area contributed by atoms with Crippen LogP contribution in [0.2, 0.25) is 0 Å². The molecule has 0 aromatic heterocycles. The molecule has 0 rings (SSSR count). The van der Waals surface area contributed by atoms with Crippen LogP contribution in [0.4, 0.5) is 0 Å². The highest BCUT2D eigenvalue weighted by molar-refractivity contribution is 9.09. The fraction of sp³-hybridized carbons (Fsp3) is 0.737.